The van der Waals surface area contributed by atoms with Gasteiger partial charge in [0.1, 0.15) is 5.82 Å². The number of hydrogen-bond acceptors (Lipinski definition) is 6. The molecule has 9 heteroatoms. The molecule has 0 aliphatic carbocycles. The van der Waals surface area contributed by atoms with Crippen molar-refractivity contribution in [2.45, 2.75) is 39.0 Å². The molecule has 0 saturated heterocycles. The number of nitrogens with one attached hydrogen (secondary N) is 2. The van der Waals surface area contributed by atoms with Crippen LogP contribution in [0.15, 0.2) is 41.8 Å². The molecule has 0 radical (unpaired) electrons. The molecule has 7 nitrogen and oxygen atoms in total. The Morgan fingerprint density at radius 1 is 1.37 bits per heavy atom. The number of fused-ring (bicyclic) bond motifs is 1. The van der Waals surface area contributed by atoms with Gasteiger partial charge in [0.05, 0.1) is 12.3 Å². The summed E-state index contributed by atoms with van der Waals surface area (Å²) in [4.78, 5) is 27.9. The van der Waals surface area contributed by atoms with Crippen molar-refractivity contribution >= 4 is 28.7 Å². The van der Waals surface area contributed by atoms with Gasteiger partial charge in [-0.25, -0.2) is 4.39 Å². The number of hydrazone groups is 1. The first-order valence-electron chi connectivity index (χ1n) is 8.75. The first-order valence-corrected chi connectivity index (χ1v) is 9.73. The van der Waals surface area contributed by atoms with E-state index in [0.29, 0.717) is 11.7 Å². The van der Waals surface area contributed by atoms with Gasteiger partial charge in [-0.05, 0) is 31.0 Å². The molecule has 1 aromatic rings. The predicted molar refractivity (Wildman–Crippen MR) is 103 cm³/mol. The van der Waals surface area contributed by atoms with E-state index in [1.165, 1.54) is 23.9 Å². The number of thioether (sulfide) groups is 1. The Bertz CT molecular complexity index is 768. The summed E-state index contributed by atoms with van der Waals surface area (Å²) in [5, 5.41) is 7.66. The van der Waals surface area contributed by atoms with Gasteiger partial charge in [-0.2, -0.15) is 5.10 Å². The van der Waals surface area contributed by atoms with Gasteiger partial charge in [-0.3, -0.25) is 19.9 Å². The van der Waals surface area contributed by atoms with Crippen molar-refractivity contribution in [3.05, 3.63) is 48.0 Å². The monoisotopic (exact) mass is 391 g/mol. The first-order chi connectivity index (χ1) is 13.0. The van der Waals surface area contributed by atoms with Crippen molar-refractivity contribution in [1.29, 1.82) is 0 Å². The average Bonchev–Trinajstić information content (AvgIpc) is 3.07. The molecule has 144 valence electrons. The van der Waals surface area contributed by atoms with Crippen LogP contribution < -0.4 is 10.7 Å². The van der Waals surface area contributed by atoms with E-state index in [1.54, 1.807) is 34.3 Å². The quantitative estimate of drug-likeness (QED) is 0.773. The van der Waals surface area contributed by atoms with Gasteiger partial charge in [0.25, 0.3) is 5.91 Å². The number of benzene rings is 1. The second kappa shape index (κ2) is 8.43. The van der Waals surface area contributed by atoms with Crippen molar-refractivity contribution in [2.75, 3.05) is 5.75 Å². The summed E-state index contributed by atoms with van der Waals surface area (Å²) in [6.07, 6.45) is 3.67. The van der Waals surface area contributed by atoms with Crippen LogP contribution in [0.5, 0.6) is 0 Å². The van der Waals surface area contributed by atoms with Crippen molar-refractivity contribution < 1.29 is 14.0 Å². The lowest BCUT2D eigenvalue weighted by Gasteiger charge is -2.32. The lowest BCUT2D eigenvalue weighted by molar-refractivity contribution is -0.134. The highest BCUT2D eigenvalue weighted by molar-refractivity contribution is 8.14. The second-order valence-electron chi connectivity index (χ2n) is 6.39. The van der Waals surface area contributed by atoms with Gasteiger partial charge in [-0.1, -0.05) is 30.8 Å². The summed E-state index contributed by atoms with van der Waals surface area (Å²) < 4.78 is 13.0. The molecule has 3 rings (SSSR count). The number of nitrogens with zero attached hydrogens (tertiary/aromatic N) is 3. The smallest absolute Gasteiger partial charge is 0.272 e. The molecule has 2 amide bonds. The highest BCUT2D eigenvalue weighted by Crippen LogP contribution is 2.23. The molecule has 2 aliphatic heterocycles. The number of hydrogen-bond donors (Lipinski definition) is 2. The zero-order valence-electron chi connectivity index (χ0n) is 15.2. The number of amidine groups is 1. The Morgan fingerprint density at radius 2 is 2.11 bits per heavy atom. The van der Waals surface area contributed by atoms with E-state index in [0.717, 1.165) is 12.0 Å². The fourth-order valence-electron chi connectivity index (χ4n) is 2.63. The SMILES string of the molecule is CCC(C)NC(=O)CSC1=NNC2C(=O)N(Cc3ccc(F)cc3)C=CN12. The number of rotatable bonds is 6. The summed E-state index contributed by atoms with van der Waals surface area (Å²) in [7, 11) is 0. The van der Waals surface area contributed by atoms with Crippen LogP contribution in [0.25, 0.3) is 0 Å². The molecular weight excluding hydrogens is 369 g/mol. The van der Waals surface area contributed by atoms with Crippen molar-refractivity contribution in [3.8, 4) is 0 Å². The molecule has 0 aromatic heterocycles. The lowest BCUT2D eigenvalue weighted by Crippen LogP contribution is -2.51. The summed E-state index contributed by atoms with van der Waals surface area (Å²) >= 11 is 1.28. The molecule has 2 heterocycles. The Balaban J connectivity index is 1.57. The zero-order valence-corrected chi connectivity index (χ0v) is 16.0. The topological polar surface area (TPSA) is 77.0 Å². The average molecular weight is 391 g/mol. The van der Waals surface area contributed by atoms with Crippen LogP contribution in [-0.4, -0.2) is 44.7 Å². The van der Waals surface area contributed by atoms with E-state index in [-0.39, 0.29) is 29.4 Å². The van der Waals surface area contributed by atoms with Crippen LogP contribution in [0.2, 0.25) is 0 Å². The number of carbonyl (C=O) groups excluding carboxylic acids is 2. The number of carbonyl (C=O) groups is 2. The van der Waals surface area contributed by atoms with E-state index >= 15 is 0 Å². The third kappa shape index (κ3) is 4.60. The molecule has 27 heavy (non-hydrogen) atoms. The fourth-order valence-corrected chi connectivity index (χ4v) is 3.40. The Hall–Kier alpha value is -2.55. The van der Waals surface area contributed by atoms with Crippen LogP contribution in [0, 0.1) is 5.82 Å². The largest absolute Gasteiger partial charge is 0.353 e. The molecule has 0 spiro atoms. The standard InChI is InChI=1S/C18H22FN5O2S/c1-3-12(2)20-15(25)11-27-18-22-21-16-17(26)23(8-9-24(16)18)10-13-4-6-14(19)7-5-13/h4-9,12,16,21H,3,10-11H2,1-2H3,(H,20,25). The van der Waals surface area contributed by atoms with Crippen LogP contribution >= 0.6 is 11.8 Å². The van der Waals surface area contributed by atoms with E-state index in [2.05, 4.69) is 15.8 Å². The van der Waals surface area contributed by atoms with Gasteiger partial charge in [0.15, 0.2) is 5.17 Å². The molecule has 2 atom stereocenters. The van der Waals surface area contributed by atoms with Gasteiger partial charge < -0.3 is 10.2 Å². The second-order valence-corrected chi connectivity index (χ2v) is 7.33. The van der Waals surface area contributed by atoms with Crippen molar-refractivity contribution in [2.24, 2.45) is 5.10 Å². The Labute approximate surface area is 161 Å². The molecule has 0 fully saturated rings. The van der Waals surface area contributed by atoms with Crippen molar-refractivity contribution in [3.63, 3.8) is 0 Å². The summed E-state index contributed by atoms with van der Waals surface area (Å²) in [5.74, 6) is -0.304. The maximum atomic E-state index is 13.0. The molecule has 1 aromatic carbocycles. The van der Waals surface area contributed by atoms with Gasteiger partial charge in [0.2, 0.25) is 12.1 Å². The Kier molecular flexibility index (Phi) is 6.00. The first kappa shape index (κ1) is 19.2. The Morgan fingerprint density at radius 3 is 2.81 bits per heavy atom. The number of amides is 2. The van der Waals surface area contributed by atoms with Crippen LogP contribution in [0.3, 0.4) is 0 Å². The number of halogens is 1. The van der Waals surface area contributed by atoms with E-state index in [4.69, 9.17) is 0 Å². The highest BCUT2D eigenvalue weighted by atomic mass is 32.2. The lowest BCUT2D eigenvalue weighted by atomic mass is 10.2. The third-order valence-electron chi connectivity index (χ3n) is 4.32. The van der Waals surface area contributed by atoms with E-state index < -0.39 is 6.17 Å². The normalized spacial score (nSPS) is 19.4. The fraction of sp³-hybridized carbons (Fsp3) is 0.389. The zero-order chi connectivity index (χ0) is 19.4. The molecule has 2 N–H and O–H groups in total. The summed E-state index contributed by atoms with van der Waals surface area (Å²) in [5.41, 5.74) is 3.65. The molecule has 0 bridgehead atoms. The molecule has 2 unspecified atom stereocenters. The summed E-state index contributed by atoms with van der Waals surface area (Å²) in [6, 6.07) is 6.18. The van der Waals surface area contributed by atoms with E-state index in [1.807, 2.05) is 13.8 Å². The van der Waals surface area contributed by atoms with Crippen LogP contribution in [0.4, 0.5) is 4.39 Å². The van der Waals surface area contributed by atoms with Gasteiger partial charge in [-0.15, -0.1) is 0 Å². The van der Waals surface area contributed by atoms with Gasteiger partial charge in [0, 0.05) is 18.4 Å². The van der Waals surface area contributed by atoms with Gasteiger partial charge >= 0.3 is 0 Å². The molecular formula is C18H22FN5O2S. The van der Waals surface area contributed by atoms with Crippen LogP contribution in [0.1, 0.15) is 25.8 Å². The minimum Gasteiger partial charge on any atom is -0.353 e. The highest BCUT2D eigenvalue weighted by Gasteiger charge is 2.37. The summed E-state index contributed by atoms with van der Waals surface area (Å²) in [6.45, 7) is 4.31. The van der Waals surface area contributed by atoms with Crippen molar-refractivity contribution in [1.82, 2.24) is 20.5 Å². The maximum absolute atomic E-state index is 13.0. The predicted octanol–water partition coefficient (Wildman–Crippen LogP) is 1.79. The van der Waals surface area contributed by atoms with Crippen LogP contribution in [-0.2, 0) is 16.1 Å². The molecule has 0 saturated carbocycles. The van der Waals surface area contributed by atoms with E-state index in [9.17, 15) is 14.0 Å². The maximum Gasteiger partial charge on any atom is 0.272 e. The third-order valence-corrected chi connectivity index (χ3v) is 5.29. The minimum absolute atomic E-state index is 0.0641. The molecule has 2 aliphatic rings. The minimum atomic E-state index is -0.629.